The van der Waals surface area contributed by atoms with Crippen LogP contribution in [0.5, 0.6) is 5.75 Å². The van der Waals surface area contributed by atoms with Gasteiger partial charge in [-0.1, -0.05) is 15.9 Å². The Hall–Kier alpha value is -1.27. The van der Waals surface area contributed by atoms with E-state index < -0.39 is 6.09 Å². The Bertz CT molecular complexity index is 416. The Morgan fingerprint density at radius 1 is 1.21 bits per heavy atom. The van der Waals surface area contributed by atoms with Crippen LogP contribution in [-0.4, -0.2) is 60.3 Å². The molecule has 1 N–H and O–H groups in total. The van der Waals surface area contributed by atoms with E-state index in [1.54, 1.807) is 0 Å². The molecule has 1 heterocycles. The van der Waals surface area contributed by atoms with Crippen LogP contribution in [0.15, 0.2) is 28.7 Å². The van der Waals surface area contributed by atoms with Gasteiger partial charge in [-0.3, -0.25) is 4.90 Å². The van der Waals surface area contributed by atoms with Crippen LogP contribution < -0.4 is 4.74 Å². The molecule has 0 radical (unpaired) electrons. The summed E-state index contributed by atoms with van der Waals surface area (Å²) in [5.74, 6) is 0.854. The second kappa shape index (κ2) is 6.77. The van der Waals surface area contributed by atoms with Gasteiger partial charge in [0, 0.05) is 37.2 Å². The van der Waals surface area contributed by atoms with E-state index >= 15 is 0 Å². The quantitative estimate of drug-likeness (QED) is 0.919. The van der Waals surface area contributed by atoms with Gasteiger partial charge in [0.15, 0.2) is 0 Å². The summed E-state index contributed by atoms with van der Waals surface area (Å²) in [5, 5.41) is 8.85. The number of nitrogens with zero attached hydrogens (tertiary/aromatic N) is 2. The van der Waals surface area contributed by atoms with Crippen molar-refractivity contribution in [2.45, 2.75) is 0 Å². The first kappa shape index (κ1) is 14.1. The zero-order chi connectivity index (χ0) is 13.7. The minimum atomic E-state index is -0.828. The monoisotopic (exact) mass is 328 g/mol. The van der Waals surface area contributed by atoms with Crippen LogP contribution in [0.3, 0.4) is 0 Å². The molecule has 6 heteroatoms. The van der Waals surface area contributed by atoms with E-state index in [1.807, 2.05) is 24.3 Å². The van der Waals surface area contributed by atoms with Gasteiger partial charge in [-0.15, -0.1) is 0 Å². The molecular weight excluding hydrogens is 312 g/mol. The number of carbonyl (C=O) groups is 1. The van der Waals surface area contributed by atoms with Gasteiger partial charge in [0.1, 0.15) is 12.4 Å². The molecule has 0 spiro atoms. The van der Waals surface area contributed by atoms with E-state index in [2.05, 4.69) is 20.8 Å². The lowest BCUT2D eigenvalue weighted by molar-refractivity contribution is 0.0985. The maximum absolute atomic E-state index is 10.8. The van der Waals surface area contributed by atoms with Gasteiger partial charge in [-0.2, -0.15) is 0 Å². The lowest BCUT2D eigenvalue weighted by Gasteiger charge is -2.32. The summed E-state index contributed by atoms with van der Waals surface area (Å²) in [7, 11) is 0. The second-order valence-electron chi connectivity index (χ2n) is 4.41. The van der Waals surface area contributed by atoms with Crippen molar-refractivity contribution in [2.75, 3.05) is 39.3 Å². The van der Waals surface area contributed by atoms with Crippen LogP contribution in [0.2, 0.25) is 0 Å². The zero-order valence-electron chi connectivity index (χ0n) is 10.6. The molecule has 1 fully saturated rings. The molecule has 1 amide bonds. The molecule has 0 bridgehead atoms. The number of benzene rings is 1. The number of hydrogen-bond donors (Lipinski definition) is 1. The lowest BCUT2D eigenvalue weighted by atomic mass is 10.3. The fraction of sp³-hybridized carbons (Fsp3) is 0.462. The van der Waals surface area contributed by atoms with E-state index in [0.29, 0.717) is 19.7 Å². The van der Waals surface area contributed by atoms with E-state index in [9.17, 15) is 4.79 Å². The average molecular weight is 329 g/mol. The third-order valence-corrected chi connectivity index (χ3v) is 3.66. The topological polar surface area (TPSA) is 53.0 Å². The molecule has 2 rings (SSSR count). The van der Waals surface area contributed by atoms with Crippen LogP contribution in [0.4, 0.5) is 4.79 Å². The summed E-state index contributed by atoms with van der Waals surface area (Å²) < 4.78 is 6.68. The Morgan fingerprint density at radius 3 is 2.42 bits per heavy atom. The van der Waals surface area contributed by atoms with Crippen LogP contribution >= 0.6 is 15.9 Å². The standard InChI is InChI=1S/C13H17BrN2O3/c14-11-1-3-12(4-2-11)19-10-9-15-5-7-16(8-6-15)13(17)18/h1-4H,5-10H2,(H,17,18). The van der Waals surface area contributed by atoms with Crippen molar-refractivity contribution in [3.63, 3.8) is 0 Å². The van der Waals surface area contributed by atoms with Crippen LogP contribution in [0, 0.1) is 0 Å². The number of halogens is 1. The molecule has 5 nitrogen and oxygen atoms in total. The van der Waals surface area contributed by atoms with E-state index in [0.717, 1.165) is 29.9 Å². The van der Waals surface area contributed by atoms with Gasteiger partial charge in [-0.25, -0.2) is 4.79 Å². The molecule has 1 aromatic rings. The third-order valence-electron chi connectivity index (χ3n) is 3.13. The molecule has 0 unspecified atom stereocenters. The highest BCUT2D eigenvalue weighted by molar-refractivity contribution is 9.10. The van der Waals surface area contributed by atoms with Gasteiger partial charge in [0.25, 0.3) is 0 Å². The Morgan fingerprint density at radius 2 is 1.84 bits per heavy atom. The summed E-state index contributed by atoms with van der Waals surface area (Å²) in [6.07, 6.45) is -0.828. The normalized spacial score (nSPS) is 16.4. The fourth-order valence-corrected chi connectivity index (χ4v) is 2.25. The molecule has 1 saturated heterocycles. The first-order chi connectivity index (χ1) is 9.15. The van der Waals surface area contributed by atoms with Crippen molar-refractivity contribution in [3.05, 3.63) is 28.7 Å². The highest BCUT2D eigenvalue weighted by atomic mass is 79.9. The van der Waals surface area contributed by atoms with E-state index in [4.69, 9.17) is 9.84 Å². The predicted octanol–water partition coefficient (Wildman–Crippen LogP) is 2.12. The molecule has 0 saturated carbocycles. The lowest BCUT2D eigenvalue weighted by Crippen LogP contribution is -2.49. The van der Waals surface area contributed by atoms with Crippen molar-refractivity contribution in [3.8, 4) is 5.75 Å². The maximum atomic E-state index is 10.8. The molecule has 0 atom stereocenters. The first-order valence-electron chi connectivity index (χ1n) is 6.24. The molecule has 1 aliphatic rings. The van der Waals surface area contributed by atoms with Crippen LogP contribution in [-0.2, 0) is 0 Å². The molecule has 1 aliphatic heterocycles. The Kier molecular flexibility index (Phi) is 5.04. The number of ether oxygens (including phenoxy) is 1. The zero-order valence-corrected chi connectivity index (χ0v) is 12.2. The van der Waals surface area contributed by atoms with Gasteiger partial charge >= 0.3 is 6.09 Å². The third kappa shape index (κ3) is 4.40. The van der Waals surface area contributed by atoms with E-state index in [1.165, 1.54) is 4.90 Å². The molecule has 0 aliphatic carbocycles. The summed E-state index contributed by atoms with van der Waals surface area (Å²) in [5.41, 5.74) is 0. The number of carboxylic acid groups (broad SMARTS) is 1. The maximum Gasteiger partial charge on any atom is 0.407 e. The number of amides is 1. The summed E-state index contributed by atoms with van der Waals surface area (Å²) in [6, 6.07) is 7.74. The molecule has 1 aromatic carbocycles. The average Bonchev–Trinajstić information content (AvgIpc) is 2.41. The van der Waals surface area contributed by atoms with Crippen molar-refractivity contribution in [2.24, 2.45) is 0 Å². The van der Waals surface area contributed by atoms with Gasteiger partial charge in [0.2, 0.25) is 0 Å². The predicted molar refractivity (Wildman–Crippen MR) is 75.7 cm³/mol. The summed E-state index contributed by atoms with van der Waals surface area (Å²) in [6.45, 7) is 4.14. The Balaban J connectivity index is 1.67. The number of hydrogen-bond acceptors (Lipinski definition) is 3. The molecule has 19 heavy (non-hydrogen) atoms. The molecular formula is C13H17BrN2O3. The highest BCUT2D eigenvalue weighted by Gasteiger charge is 2.19. The Labute approximate surface area is 120 Å². The first-order valence-corrected chi connectivity index (χ1v) is 7.03. The largest absolute Gasteiger partial charge is 0.492 e. The van der Waals surface area contributed by atoms with E-state index in [-0.39, 0.29) is 0 Å². The summed E-state index contributed by atoms with van der Waals surface area (Å²) >= 11 is 3.38. The van der Waals surface area contributed by atoms with Crippen molar-refractivity contribution >= 4 is 22.0 Å². The molecule has 104 valence electrons. The van der Waals surface area contributed by atoms with Crippen LogP contribution in [0.25, 0.3) is 0 Å². The van der Waals surface area contributed by atoms with Crippen molar-refractivity contribution in [1.29, 1.82) is 0 Å². The van der Waals surface area contributed by atoms with Gasteiger partial charge < -0.3 is 14.7 Å². The fourth-order valence-electron chi connectivity index (χ4n) is 1.99. The van der Waals surface area contributed by atoms with Crippen LogP contribution in [0.1, 0.15) is 0 Å². The smallest absolute Gasteiger partial charge is 0.407 e. The SMILES string of the molecule is O=C(O)N1CCN(CCOc2ccc(Br)cc2)CC1. The second-order valence-corrected chi connectivity index (χ2v) is 5.33. The molecule has 0 aromatic heterocycles. The van der Waals surface area contributed by atoms with Gasteiger partial charge in [0.05, 0.1) is 0 Å². The summed E-state index contributed by atoms with van der Waals surface area (Å²) in [4.78, 5) is 14.4. The van der Waals surface area contributed by atoms with Crippen molar-refractivity contribution < 1.29 is 14.6 Å². The minimum Gasteiger partial charge on any atom is -0.492 e. The number of rotatable bonds is 4. The minimum absolute atomic E-state index is 0.577. The number of piperazine rings is 1. The van der Waals surface area contributed by atoms with Gasteiger partial charge in [-0.05, 0) is 24.3 Å². The highest BCUT2D eigenvalue weighted by Crippen LogP contribution is 2.16. The van der Waals surface area contributed by atoms with Crippen molar-refractivity contribution in [1.82, 2.24) is 9.80 Å².